The van der Waals surface area contributed by atoms with E-state index in [2.05, 4.69) is 15.0 Å². The number of ether oxygens (including phenoxy) is 2. The summed E-state index contributed by atoms with van der Waals surface area (Å²) < 4.78 is 12.3. The average Bonchev–Trinajstić information content (AvgIpc) is 3.00. The van der Waals surface area contributed by atoms with Gasteiger partial charge in [-0.15, -0.1) is 0 Å². The largest absolute Gasteiger partial charge is 0.400 e. The van der Waals surface area contributed by atoms with Gasteiger partial charge in [0.05, 0.1) is 12.4 Å². The molecule has 2 aromatic rings. The fourth-order valence-electron chi connectivity index (χ4n) is 1.86. The van der Waals surface area contributed by atoms with Gasteiger partial charge in [0.1, 0.15) is 6.23 Å². The van der Waals surface area contributed by atoms with Gasteiger partial charge >= 0.3 is 0 Å². The van der Waals surface area contributed by atoms with E-state index in [0.29, 0.717) is 12.1 Å². The van der Waals surface area contributed by atoms with Crippen LogP contribution in [0, 0.1) is 0 Å². The number of nitrogens with zero attached hydrogens (tertiary/aromatic N) is 3. The second-order valence-electron chi connectivity index (χ2n) is 4.25. The molecule has 23 heavy (non-hydrogen) atoms. The van der Waals surface area contributed by atoms with Crippen LogP contribution in [0.25, 0.3) is 11.2 Å². The molecule has 4 N–H and O–H groups in total. The molecule has 0 saturated heterocycles. The van der Waals surface area contributed by atoms with Gasteiger partial charge in [0.15, 0.2) is 11.2 Å². The lowest BCUT2D eigenvalue weighted by molar-refractivity contribution is -0.00711. The number of anilines is 1. The minimum atomic E-state index is -0.365. The maximum Gasteiger partial charge on any atom is 0.280 e. The van der Waals surface area contributed by atoms with Crippen LogP contribution < -0.4 is 11.3 Å². The number of aromatic amines is 1. The zero-order chi connectivity index (χ0) is 18.0. The average molecular weight is 329 g/mol. The zero-order valence-corrected chi connectivity index (χ0v) is 14.5. The van der Waals surface area contributed by atoms with E-state index in [0.717, 1.165) is 7.11 Å². The van der Waals surface area contributed by atoms with Crippen molar-refractivity contribution in [2.24, 2.45) is 0 Å². The highest BCUT2D eigenvalue weighted by atomic mass is 16.5. The van der Waals surface area contributed by atoms with E-state index in [1.165, 1.54) is 6.33 Å². The first-order valence-electron chi connectivity index (χ1n) is 7.29. The van der Waals surface area contributed by atoms with E-state index >= 15 is 0 Å². The van der Waals surface area contributed by atoms with Crippen molar-refractivity contribution in [2.45, 2.75) is 39.5 Å². The molecule has 0 aliphatic heterocycles. The molecule has 0 spiro atoms. The lowest BCUT2D eigenvalue weighted by Gasteiger charge is -2.20. The number of imidazole rings is 1. The molecule has 0 amide bonds. The van der Waals surface area contributed by atoms with Gasteiger partial charge in [0, 0.05) is 27.8 Å². The number of nitrogens with one attached hydrogen (secondary N) is 1. The summed E-state index contributed by atoms with van der Waals surface area (Å²) in [6.07, 6.45) is 1.80. The Morgan fingerprint density at radius 1 is 1.35 bits per heavy atom. The summed E-state index contributed by atoms with van der Waals surface area (Å²) in [6.45, 7) is 5.93. The Kier molecular flexibility index (Phi) is 9.79. The third kappa shape index (κ3) is 5.31. The molecule has 0 unspecified atom stereocenters. The summed E-state index contributed by atoms with van der Waals surface area (Å²) >= 11 is 0. The van der Waals surface area contributed by atoms with Crippen molar-refractivity contribution in [3.63, 3.8) is 0 Å². The first-order valence-corrected chi connectivity index (χ1v) is 7.29. The number of hydrogen-bond donors (Lipinski definition) is 3. The normalized spacial score (nSPS) is 12.7. The summed E-state index contributed by atoms with van der Waals surface area (Å²) in [4.78, 5) is 22.2. The molecule has 2 rings (SSSR count). The summed E-state index contributed by atoms with van der Waals surface area (Å²) in [5.41, 5.74) is 5.82. The number of fused-ring (bicyclic) bond motifs is 1. The molecule has 0 aromatic carbocycles. The highest BCUT2D eigenvalue weighted by molar-refractivity contribution is 5.70. The SMILES string of the molecule is CC.CO.CO[C@H](C)C[C@@H](OC)n1cnc2c(=O)[nH]c(N)nc21. The van der Waals surface area contributed by atoms with E-state index in [4.69, 9.17) is 20.3 Å². The topological polar surface area (TPSA) is 128 Å². The molecule has 9 heteroatoms. The first kappa shape index (κ1) is 21.0. The number of nitrogen functional groups attached to an aromatic ring is 1. The number of aliphatic hydroxyl groups is 1. The van der Waals surface area contributed by atoms with Crippen LogP contribution in [0.3, 0.4) is 0 Å². The van der Waals surface area contributed by atoms with Gasteiger partial charge in [-0.25, -0.2) is 4.98 Å². The molecule has 9 nitrogen and oxygen atoms in total. The fourth-order valence-corrected chi connectivity index (χ4v) is 1.86. The molecule has 0 radical (unpaired) electrons. The Morgan fingerprint density at radius 2 is 1.96 bits per heavy atom. The molecule has 0 fully saturated rings. The van der Waals surface area contributed by atoms with Gasteiger partial charge < -0.3 is 20.3 Å². The Bertz CT molecular complexity index is 625. The lowest BCUT2D eigenvalue weighted by atomic mass is 10.2. The lowest BCUT2D eigenvalue weighted by Crippen LogP contribution is -2.19. The molecule has 132 valence electrons. The maximum absolute atomic E-state index is 11.7. The van der Waals surface area contributed by atoms with Crippen molar-refractivity contribution in [1.82, 2.24) is 19.5 Å². The van der Waals surface area contributed by atoms with Gasteiger partial charge in [-0.3, -0.25) is 14.3 Å². The summed E-state index contributed by atoms with van der Waals surface area (Å²) in [5.74, 6) is 0.0499. The van der Waals surface area contributed by atoms with Crippen molar-refractivity contribution in [3.8, 4) is 0 Å². The molecule has 2 heterocycles. The van der Waals surface area contributed by atoms with Gasteiger partial charge in [-0.1, -0.05) is 13.8 Å². The van der Waals surface area contributed by atoms with E-state index in [-0.39, 0.29) is 29.4 Å². The molecule has 0 bridgehead atoms. The predicted octanol–water partition coefficient (Wildman–Crippen LogP) is 0.907. The highest BCUT2D eigenvalue weighted by Crippen LogP contribution is 2.20. The van der Waals surface area contributed by atoms with Crippen molar-refractivity contribution >= 4 is 17.1 Å². The molecule has 2 aromatic heterocycles. The van der Waals surface area contributed by atoms with Crippen LogP contribution in [0.1, 0.15) is 33.4 Å². The monoisotopic (exact) mass is 329 g/mol. The van der Waals surface area contributed by atoms with E-state index < -0.39 is 0 Å². The second kappa shape index (κ2) is 10.7. The molecular weight excluding hydrogens is 302 g/mol. The maximum atomic E-state index is 11.7. The molecular formula is C14H27N5O4. The van der Waals surface area contributed by atoms with Crippen LogP contribution in [-0.4, -0.2) is 52.1 Å². The smallest absolute Gasteiger partial charge is 0.280 e. The summed E-state index contributed by atoms with van der Waals surface area (Å²) in [7, 11) is 4.21. The number of nitrogens with two attached hydrogens (primary N) is 1. The highest BCUT2D eigenvalue weighted by Gasteiger charge is 2.19. The van der Waals surface area contributed by atoms with Crippen LogP contribution >= 0.6 is 0 Å². The predicted molar refractivity (Wildman–Crippen MR) is 89.2 cm³/mol. The van der Waals surface area contributed by atoms with Crippen LogP contribution in [-0.2, 0) is 9.47 Å². The standard InChI is InChI=1S/C11H17N5O3.C2H6.CH4O/c1-6(18-2)4-7(19-3)16-5-13-8-9(16)14-11(12)15-10(8)17;2*1-2/h5-7H,4H2,1-3H3,(H3,12,14,15,17);1-2H3;2H,1H3/t6-,7-;;/m1../s1. The summed E-state index contributed by atoms with van der Waals surface area (Å²) in [6, 6.07) is 0. The van der Waals surface area contributed by atoms with Gasteiger partial charge in [0.25, 0.3) is 5.56 Å². The number of rotatable bonds is 5. The van der Waals surface area contributed by atoms with Crippen LogP contribution in [0.4, 0.5) is 5.95 Å². The quantitative estimate of drug-likeness (QED) is 0.743. The Labute approximate surface area is 135 Å². The number of aliphatic hydroxyl groups excluding tert-OH is 1. The van der Waals surface area contributed by atoms with E-state index in [1.54, 1.807) is 18.8 Å². The van der Waals surface area contributed by atoms with Crippen molar-refractivity contribution in [3.05, 3.63) is 16.7 Å². The van der Waals surface area contributed by atoms with Crippen molar-refractivity contribution in [1.29, 1.82) is 0 Å². The van der Waals surface area contributed by atoms with Crippen molar-refractivity contribution in [2.75, 3.05) is 27.1 Å². The Hall–Kier alpha value is -1.97. The van der Waals surface area contributed by atoms with Crippen LogP contribution in [0.2, 0.25) is 0 Å². The first-order chi connectivity index (χ1) is 11.1. The minimum Gasteiger partial charge on any atom is -0.400 e. The summed E-state index contributed by atoms with van der Waals surface area (Å²) in [5, 5.41) is 7.00. The van der Waals surface area contributed by atoms with Gasteiger partial charge in [-0.05, 0) is 6.92 Å². The van der Waals surface area contributed by atoms with E-state index in [9.17, 15) is 4.79 Å². The third-order valence-corrected chi connectivity index (χ3v) is 2.97. The zero-order valence-electron chi connectivity index (χ0n) is 14.5. The van der Waals surface area contributed by atoms with Crippen LogP contribution in [0.5, 0.6) is 0 Å². The van der Waals surface area contributed by atoms with Gasteiger partial charge in [0.2, 0.25) is 5.95 Å². The fraction of sp³-hybridized carbons (Fsp3) is 0.643. The molecule has 0 aliphatic rings. The Morgan fingerprint density at radius 3 is 2.48 bits per heavy atom. The van der Waals surface area contributed by atoms with Gasteiger partial charge in [-0.2, -0.15) is 4.98 Å². The third-order valence-electron chi connectivity index (χ3n) is 2.97. The van der Waals surface area contributed by atoms with Crippen molar-refractivity contribution < 1.29 is 14.6 Å². The number of H-pyrrole nitrogens is 1. The minimum absolute atomic E-state index is 0.00161. The molecule has 0 aliphatic carbocycles. The number of hydrogen-bond acceptors (Lipinski definition) is 7. The molecule has 0 saturated carbocycles. The van der Waals surface area contributed by atoms with Crippen LogP contribution in [0.15, 0.2) is 11.1 Å². The number of aromatic nitrogens is 4. The van der Waals surface area contributed by atoms with E-state index in [1.807, 2.05) is 20.8 Å². The second-order valence-corrected chi connectivity index (χ2v) is 4.25. The molecule has 2 atom stereocenters. The number of methoxy groups -OCH3 is 2. The Balaban J connectivity index is 0.00000112.